The molecule has 5 nitrogen and oxygen atoms in total. The Morgan fingerprint density at radius 1 is 1.56 bits per heavy atom. The Balaban J connectivity index is 2.17. The number of fused-ring (bicyclic) bond motifs is 1. The molecule has 0 saturated heterocycles. The molecule has 0 aliphatic carbocycles. The topological polar surface area (TPSA) is 72.4 Å². The molecule has 0 unspecified atom stereocenters. The molecule has 0 spiro atoms. The Kier molecular flexibility index (Phi) is 2.87. The number of carbonyl (C=O) groups is 1. The number of amides is 1. The maximum atomic E-state index is 11.3. The minimum Gasteiger partial charge on any atom is -0.443 e. The molecule has 1 heterocycles. The van der Waals surface area contributed by atoms with Gasteiger partial charge in [-0.1, -0.05) is 6.07 Å². The number of hydrogen-bond acceptors (Lipinski definition) is 4. The minimum atomic E-state index is -0.0855. The lowest BCUT2D eigenvalue weighted by Crippen LogP contribution is -2.32. The van der Waals surface area contributed by atoms with Gasteiger partial charge in [0.05, 0.1) is 6.54 Å². The van der Waals surface area contributed by atoms with Gasteiger partial charge < -0.3 is 15.1 Å². The van der Waals surface area contributed by atoms with E-state index < -0.39 is 0 Å². The molecule has 2 N–H and O–H groups in total. The van der Waals surface area contributed by atoms with Crippen LogP contribution in [0.4, 0.5) is 0 Å². The Morgan fingerprint density at radius 3 is 3.12 bits per heavy atom. The number of nitrogens with zero attached hydrogens (tertiary/aromatic N) is 2. The lowest BCUT2D eigenvalue weighted by molar-refractivity contribution is -0.128. The number of likely N-dealkylation sites (N-methyl/N-ethyl adjacent to an activating group) is 1. The van der Waals surface area contributed by atoms with Crippen LogP contribution in [0.1, 0.15) is 5.56 Å². The highest BCUT2D eigenvalue weighted by molar-refractivity contribution is 5.78. The van der Waals surface area contributed by atoms with Gasteiger partial charge in [0, 0.05) is 13.6 Å². The minimum absolute atomic E-state index is 0.0288. The number of oxazole rings is 1. The SMILES string of the molecule is CN(Cc1ccc2ncoc2c1)C(=O)CN. The Bertz CT molecular complexity index is 507. The van der Waals surface area contributed by atoms with Crippen molar-refractivity contribution in [1.29, 1.82) is 0 Å². The van der Waals surface area contributed by atoms with Gasteiger partial charge in [0.1, 0.15) is 5.52 Å². The standard InChI is InChI=1S/C11H13N3O2/c1-14(11(15)5-12)6-8-2-3-9-10(4-8)16-7-13-9/h2-4,7H,5-6,12H2,1H3. The molecule has 2 aromatic rings. The van der Waals surface area contributed by atoms with E-state index in [0.717, 1.165) is 16.7 Å². The zero-order valence-electron chi connectivity index (χ0n) is 9.01. The summed E-state index contributed by atoms with van der Waals surface area (Å²) in [6.07, 6.45) is 1.41. The first-order valence-electron chi connectivity index (χ1n) is 4.97. The summed E-state index contributed by atoms with van der Waals surface area (Å²) in [5.41, 5.74) is 7.82. The van der Waals surface area contributed by atoms with E-state index in [1.54, 1.807) is 11.9 Å². The van der Waals surface area contributed by atoms with E-state index in [2.05, 4.69) is 4.98 Å². The molecule has 1 amide bonds. The van der Waals surface area contributed by atoms with E-state index in [0.29, 0.717) is 6.54 Å². The Morgan fingerprint density at radius 2 is 2.38 bits per heavy atom. The highest BCUT2D eigenvalue weighted by atomic mass is 16.3. The molecule has 0 bridgehead atoms. The number of rotatable bonds is 3. The second kappa shape index (κ2) is 4.32. The zero-order chi connectivity index (χ0) is 11.5. The van der Waals surface area contributed by atoms with E-state index in [9.17, 15) is 4.79 Å². The summed E-state index contributed by atoms with van der Waals surface area (Å²) in [6, 6.07) is 5.67. The number of hydrogen-bond donors (Lipinski definition) is 1. The van der Waals surface area contributed by atoms with Gasteiger partial charge in [-0.2, -0.15) is 0 Å². The van der Waals surface area contributed by atoms with E-state index >= 15 is 0 Å². The molecule has 1 aromatic heterocycles. The van der Waals surface area contributed by atoms with E-state index in [1.165, 1.54) is 6.39 Å². The van der Waals surface area contributed by atoms with Crippen molar-refractivity contribution < 1.29 is 9.21 Å². The molecule has 0 atom stereocenters. The van der Waals surface area contributed by atoms with Crippen molar-refractivity contribution in [2.75, 3.05) is 13.6 Å². The largest absolute Gasteiger partial charge is 0.443 e. The van der Waals surface area contributed by atoms with E-state index in [1.807, 2.05) is 18.2 Å². The van der Waals surface area contributed by atoms with Crippen LogP contribution in [0.15, 0.2) is 29.0 Å². The third-order valence-electron chi connectivity index (χ3n) is 2.42. The van der Waals surface area contributed by atoms with Gasteiger partial charge in [0.25, 0.3) is 0 Å². The summed E-state index contributed by atoms with van der Waals surface area (Å²) in [4.78, 5) is 16.9. The average Bonchev–Trinajstić information content (AvgIpc) is 2.75. The predicted molar refractivity (Wildman–Crippen MR) is 59.5 cm³/mol. The fourth-order valence-electron chi connectivity index (χ4n) is 1.52. The molecule has 2 rings (SSSR count). The maximum absolute atomic E-state index is 11.3. The summed E-state index contributed by atoms with van der Waals surface area (Å²) in [5.74, 6) is -0.0855. The highest BCUT2D eigenvalue weighted by Crippen LogP contribution is 2.15. The van der Waals surface area contributed by atoms with Crippen LogP contribution in [-0.2, 0) is 11.3 Å². The molecule has 0 saturated carbocycles. The number of benzene rings is 1. The van der Waals surface area contributed by atoms with E-state index in [4.69, 9.17) is 10.2 Å². The van der Waals surface area contributed by atoms with Crippen LogP contribution in [0, 0.1) is 0 Å². The van der Waals surface area contributed by atoms with Crippen molar-refractivity contribution in [3.8, 4) is 0 Å². The maximum Gasteiger partial charge on any atom is 0.236 e. The van der Waals surface area contributed by atoms with Crippen LogP contribution >= 0.6 is 0 Å². The summed E-state index contributed by atoms with van der Waals surface area (Å²) in [5, 5.41) is 0. The van der Waals surface area contributed by atoms with Gasteiger partial charge in [0.15, 0.2) is 12.0 Å². The van der Waals surface area contributed by atoms with Gasteiger partial charge in [-0.25, -0.2) is 4.98 Å². The normalized spacial score (nSPS) is 10.6. The van der Waals surface area contributed by atoms with Crippen LogP contribution in [-0.4, -0.2) is 29.4 Å². The molecule has 0 fully saturated rings. The summed E-state index contributed by atoms with van der Waals surface area (Å²) >= 11 is 0. The Labute approximate surface area is 92.8 Å². The van der Waals surface area contributed by atoms with Crippen LogP contribution < -0.4 is 5.73 Å². The fourth-order valence-corrected chi connectivity index (χ4v) is 1.52. The van der Waals surface area contributed by atoms with Crippen LogP contribution in [0.25, 0.3) is 11.1 Å². The number of nitrogens with two attached hydrogens (primary N) is 1. The zero-order valence-corrected chi connectivity index (χ0v) is 9.01. The van der Waals surface area contributed by atoms with Gasteiger partial charge in [-0.05, 0) is 17.7 Å². The molecular formula is C11H13N3O2. The lowest BCUT2D eigenvalue weighted by Gasteiger charge is -2.15. The lowest BCUT2D eigenvalue weighted by atomic mass is 10.2. The first kappa shape index (κ1) is 10.6. The summed E-state index contributed by atoms with van der Waals surface area (Å²) in [7, 11) is 1.72. The average molecular weight is 219 g/mol. The van der Waals surface area contributed by atoms with Crippen molar-refractivity contribution in [3.05, 3.63) is 30.2 Å². The monoisotopic (exact) mass is 219 g/mol. The van der Waals surface area contributed by atoms with Crippen molar-refractivity contribution in [2.24, 2.45) is 5.73 Å². The third-order valence-corrected chi connectivity index (χ3v) is 2.42. The Hall–Kier alpha value is -1.88. The second-order valence-electron chi connectivity index (χ2n) is 3.61. The quantitative estimate of drug-likeness (QED) is 0.826. The van der Waals surface area contributed by atoms with Crippen molar-refractivity contribution in [2.45, 2.75) is 6.54 Å². The molecule has 0 aliphatic rings. The summed E-state index contributed by atoms with van der Waals surface area (Å²) < 4.78 is 5.19. The van der Waals surface area contributed by atoms with Crippen LogP contribution in [0.2, 0.25) is 0 Å². The third kappa shape index (κ3) is 2.04. The first-order chi connectivity index (χ1) is 7.70. The molecule has 1 aromatic carbocycles. The van der Waals surface area contributed by atoms with E-state index in [-0.39, 0.29) is 12.5 Å². The molecule has 0 aliphatic heterocycles. The molecule has 16 heavy (non-hydrogen) atoms. The fraction of sp³-hybridized carbons (Fsp3) is 0.273. The van der Waals surface area contributed by atoms with Gasteiger partial charge in [-0.3, -0.25) is 4.79 Å². The second-order valence-corrected chi connectivity index (χ2v) is 3.61. The predicted octanol–water partition coefficient (Wildman–Crippen LogP) is 0.745. The first-order valence-corrected chi connectivity index (χ1v) is 4.97. The summed E-state index contributed by atoms with van der Waals surface area (Å²) in [6.45, 7) is 0.549. The molecule has 0 radical (unpaired) electrons. The van der Waals surface area contributed by atoms with Crippen molar-refractivity contribution in [1.82, 2.24) is 9.88 Å². The molecule has 5 heteroatoms. The number of aromatic nitrogens is 1. The highest BCUT2D eigenvalue weighted by Gasteiger charge is 2.07. The van der Waals surface area contributed by atoms with Gasteiger partial charge in [0.2, 0.25) is 5.91 Å². The van der Waals surface area contributed by atoms with Gasteiger partial charge in [-0.15, -0.1) is 0 Å². The number of carbonyl (C=O) groups excluding carboxylic acids is 1. The van der Waals surface area contributed by atoms with Crippen molar-refractivity contribution >= 4 is 17.0 Å². The smallest absolute Gasteiger partial charge is 0.236 e. The van der Waals surface area contributed by atoms with Crippen LogP contribution in [0.5, 0.6) is 0 Å². The molecular weight excluding hydrogens is 206 g/mol. The van der Waals surface area contributed by atoms with Crippen molar-refractivity contribution in [3.63, 3.8) is 0 Å². The molecule has 84 valence electrons. The van der Waals surface area contributed by atoms with Gasteiger partial charge >= 0.3 is 0 Å². The van der Waals surface area contributed by atoms with Crippen LogP contribution in [0.3, 0.4) is 0 Å².